The van der Waals surface area contributed by atoms with Crippen molar-refractivity contribution in [1.82, 2.24) is 9.55 Å². The average molecular weight is 375 g/mol. The van der Waals surface area contributed by atoms with Crippen molar-refractivity contribution in [2.45, 2.75) is 38.6 Å². The summed E-state index contributed by atoms with van der Waals surface area (Å²) in [6.45, 7) is 6.89. The molecule has 138 valence electrons. The molecule has 0 saturated carbocycles. The number of fused-ring (bicyclic) bond motifs is 1. The number of ether oxygens (including phenoxy) is 1. The van der Waals surface area contributed by atoms with Gasteiger partial charge in [-0.2, -0.15) is 13.2 Å². The van der Waals surface area contributed by atoms with Crippen molar-refractivity contribution in [1.29, 1.82) is 0 Å². The zero-order valence-corrected chi connectivity index (χ0v) is 15.1. The van der Waals surface area contributed by atoms with Crippen molar-refractivity contribution >= 4 is 31.0 Å². The summed E-state index contributed by atoms with van der Waals surface area (Å²) in [5.74, 6) is -0.0461. The van der Waals surface area contributed by atoms with Gasteiger partial charge in [0.2, 0.25) is 0 Å². The van der Waals surface area contributed by atoms with E-state index < -0.39 is 25.9 Å². The molecule has 1 amide bonds. The summed E-state index contributed by atoms with van der Waals surface area (Å²) in [6, 6.07) is 3.29. The Bertz CT molecular complexity index is 769. The molecule has 0 saturated heterocycles. The molecule has 0 aromatic carbocycles. The molecular formula is C15H20F3N3O3Si. The molecular weight excluding hydrogens is 355 g/mol. The summed E-state index contributed by atoms with van der Waals surface area (Å²) in [6.07, 6.45) is -4.94. The number of anilines is 1. The topological polar surface area (TPSA) is 76.4 Å². The van der Waals surface area contributed by atoms with Crippen LogP contribution in [-0.4, -0.2) is 35.4 Å². The van der Waals surface area contributed by atoms with Gasteiger partial charge in [-0.1, -0.05) is 19.6 Å². The van der Waals surface area contributed by atoms with Crippen molar-refractivity contribution < 1.29 is 27.8 Å². The molecule has 2 aromatic rings. The lowest BCUT2D eigenvalue weighted by Gasteiger charge is -2.15. The number of alkyl halides is 3. The second-order valence-corrected chi connectivity index (χ2v) is 12.5. The Labute approximate surface area is 143 Å². The molecule has 25 heavy (non-hydrogen) atoms. The van der Waals surface area contributed by atoms with Gasteiger partial charge in [-0.05, 0) is 18.2 Å². The van der Waals surface area contributed by atoms with Crippen LogP contribution in [0.5, 0.6) is 0 Å². The second-order valence-electron chi connectivity index (χ2n) is 6.86. The first kappa shape index (κ1) is 19.3. The molecule has 0 aliphatic heterocycles. The molecule has 0 atom stereocenters. The molecule has 0 bridgehead atoms. The van der Waals surface area contributed by atoms with E-state index in [4.69, 9.17) is 9.84 Å². The summed E-state index contributed by atoms with van der Waals surface area (Å²) in [7, 11) is -1.31. The third kappa shape index (κ3) is 5.20. The fourth-order valence-corrected chi connectivity index (χ4v) is 2.97. The van der Waals surface area contributed by atoms with Crippen LogP contribution in [0, 0.1) is 0 Å². The van der Waals surface area contributed by atoms with Gasteiger partial charge in [-0.25, -0.2) is 9.78 Å². The van der Waals surface area contributed by atoms with Crippen LogP contribution in [0.3, 0.4) is 0 Å². The number of carbonyl (C=O) groups is 1. The van der Waals surface area contributed by atoms with Gasteiger partial charge in [0, 0.05) is 26.3 Å². The quantitative estimate of drug-likeness (QED) is 0.577. The highest BCUT2D eigenvalue weighted by Crippen LogP contribution is 2.36. The Hall–Kier alpha value is -2.07. The molecule has 2 aromatic heterocycles. The molecule has 6 nitrogen and oxygen atoms in total. The molecule has 0 fully saturated rings. The van der Waals surface area contributed by atoms with Gasteiger partial charge in [0.1, 0.15) is 18.2 Å². The van der Waals surface area contributed by atoms with E-state index in [-0.39, 0.29) is 23.6 Å². The number of nitrogens with zero attached hydrogens (tertiary/aromatic N) is 2. The van der Waals surface area contributed by atoms with Gasteiger partial charge < -0.3 is 14.4 Å². The van der Waals surface area contributed by atoms with Crippen molar-refractivity contribution in [3.63, 3.8) is 0 Å². The molecule has 0 aliphatic carbocycles. The molecule has 0 aliphatic rings. The monoisotopic (exact) mass is 375 g/mol. The highest BCUT2D eigenvalue weighted by Gasteiger charge is 2.35. The Balaban J connectivity index is 2.31. The van der Waals surface area contributed by atoms with Crippen molar-refractivity contribution in [3.05, 3.63) is 23.9 Å². The van der Waals surface area contributed by atoms with Crippen LogP contribution in [0.1, 0.15) is 5.56 Å². The number of carboxylic acid groups (broad SMARTS) is 1. The van der Waals surface area contributed by atoms with E-state index in [1.807, 2.05) is 5.32 Å². The maximum atomic E-state index is 13.2. The largest absolute Gasteiger partial charge is 0.465 e. The van der Waals surface area contributed by atoms with E-state index in [9.17, 15) is 18.0 Å². The van der Waals surface area contributed by atoms with E-state index in [1.165, 1.54) is 16.7 Å². The molecule has 2 rings (SSSR count). The Kier molecular flexibility index (Phi) is 5.42. The third-order valence-corrected chi connectivity index (χ3v) is 5.19. The van der Waals surface area contributed by atoms with Gasteiger partial charge in [0.15, 0.2) is 0 Å². The predicted octanol–water partition coefficient (Wildman–Crippen LogP) is 4.46. The Morgan fingerprint density at radius 2 is 2.04 bits per heavy atom. The van der Waals surface area contributed by atoms with Crippen molar-refractivity contribution in [2.75, 3.05) is 11.9 Å². The maximum absolute atomic E-state index is 13.2. The number of nitrogens with one attached hydrogen (secondary N) is 1. The van der Waals surface area contributed by atoms with Gasteiger partial charge in [0.25, 0.3) is 0 Å². The van der Waals surface area contributed by atoms with Crippen LogP contribution in [-0.2, 0) is 17.6 Å². The summed E-state index contributed by atoms with van der Waals surface area (Å²) >= 11 is 0. The van der Waals surface area contributed by atoms with E-state index in [0.29, 0.717) is 6.61 Å². The minimum Gasteiger partial charge on any atom is -0.465 e. The fourth-order valence-electron chi connectivity index (χ4n) is 2.21. The predicted molar refractivity (Wildman–Crippen MR) is 90.5 cm³/mol. The minimum absolute atomic E-state index is 0.0200. The lowest BCUT2D eigenvalue weighted by atomic mass is 10.2. The molecule has 10 heteroatoms. The van der Waals surface area contributed by atoms with Crippen LogP contribution in [0.25, 0.3) is 11.0 Å². The number of pyridine rings is 1. The van der Waals surface area contributed by atoms with Gasteiger partial charge in [-0.15, -0.1) is 0 Å². The van der Waals surface area contributed by atoms with Crippen LogP contribution < -0.4 is 5.32 Å². The average Bonchev–Trinajstić information content (AvgIpc) is 2.80. The number of rotatable bonds is 6. The first-order valence-electron chi connectivity index (χ1n) is 7.62. The van der Waals surface area contributed by atoms with Crippen LogP contribution in [0.2, 0.25) is 25.7 Å². The lowest BCUT2D eigenvalue weighted by Crippen LogP contribution is -2.22. The smallest absolute Gasteiger partial charge is 0.418 e. The van der Waals surface area contributed by atoms with E-state index in [2.05, 4.69) is 24.6 Å². The lowest BCUT2D eigenvalue weighted by molar-refractivity contribution is -0.136. The number of amides is 1. The van der Waals surface area contributed by atoms with Crippen molar-refractivity contribution in [2.24, 2.45) is 0 Å². The fraction of sp³-hybridized carbons (Fsp3) is 0.467. The SMILES string of the molecule is C[Si](C)(C)CCOCn1cc(C(F)(F)F)c2ccc(NC(=O)O)nc21. The summed E-state index contributed by atoms with van der Waals surface area (Å²) in [5.41, 5.74) is -0.808. The van der Waals surface area contributed by atoms with E-state index >= 15 is 0 Å². The first-order valence-corrected chi connectivity index (χ1v) is 11.3. The zero-order chi connectivity index (χ0) is 18.8. The molecule has 2 heterocycles. The summed E-state index contributed by atoms with van der Waals surface area (Å²) in [5, 5.41) is 10.7. The molecule has 0 radical (unpaired) electrons. The Morgan fingerprint density at radius 1 is 1.36 bits per heavy atom. The first-order chi connectivity index (χ1) is 11.5. The van der Waals surface area contributed by atoms with Gasteiger partial charge >= 0.3 is 12.3 Å². The molecule has 0 spiro atoms. The number of halogens is 3. The summed E-state index contributed by atoms with van der Waals surface area (Å²) < 4.78 is 46.4. The van der Waals surface area contributed by atoms with Gasteiger partial charge in [0.05, 0.1) is 5.56 Å². The molecule has 2 N–H and O–H groups in total. The number of hydrogen-bond donors (Lipinski definition) is 2. The third-order valence-electron chi connectivity index (χ3n) is 3.49. The highest BCUT2D eigenvalue weighted by molar-refractivity contribution is 6.76. The maximum Gasteiger partial charge on any atom is 0.418 e. The van der Waals surface area contributed by atoms with Crippen LogP contribution in [0.4, 0.5) is 23.8 Å². The zero-order valence-electron chi connectivity index (χ0n) is 14.1. The van der Waals surface area contributed by atoms with Gasteiger partial charge in [-0.3, -0.25) is 5.32 Å². The number of aromatic nitrogens is 2. The normalized spacial score (nSPS) is 12.6. The van der Waals surface area contributed by atoms with E-state index in [0.717, 1.165) is 12.2 Å². The van der Waals surface area contributed by atoms with Crippen LogP contribution in [0.15, 0.2) is 18.3 Å². The standard InChI is InChI=1S/C15H20F3N3O3Si/c1-25(2,3)7-6-24-9-21-8-11(15(16,17)18)10-4-5-12(19-13(10)21)20-14(22)23/h4-5,8H,6-7,9H2,1-3H3,(H,19,20)(H,22,23). The van der Waals surface area contributed by atoms with Crippen LogP contribution >= 0.6 is 0 Å². The summed E-state index contributed by atoms with van der Waals surface area (Å²) in [4.78, 5) is 14.7. The van der Waals surface area contributed by atoms with Crippen molar-refractivity contribution in [3.8, 4) is 0 Å². The highest BCUT2D eigenvalue weighted by atomic mass is 28.3. The number of hydrogen-bond acceptors (Lipinski definition) is 3. The minimum atomic E-state index is -4.54. The van der Waals surface area contributed by atoms with E-state index in [1.54, 1.807) is 0 Å². The molecule has 0 unspecified atom stereocenters. The Morgan fingerprint density at radius 3 is 2.60 bits per heavy atom. The second kappa shape index (κ2) is 7.04.